The average molecular weight is 272 g/mol. The van der Waals surface area contributed by atoms with Gasteiger partial charge in [0, 0.05) is 19.2 Å². The smallest absolute Gasteiger partial charge is 0.192 e. The third-order valence-corrected chi connectivity index (χ3v) is 9.29. The molecule has 18 heavy (non-hydrogen) atoms. The van der Waals surface area contributed by atoms with Gasteiger partial charge in [0.05, 0.1) is 0 Å². The number of nitrogens with zero attached hydrogens (tertiary/aromatic N) is 1. The SMILES string of the molecule is CCCN(CCO[Si](C)(C)C(C)(C)C)C1CCC1. The van der Waals surface area contributed by atoms with Gasteiger partial charge < -0.3 is 4.43 Å². The molecule has 1 aliphatic rings. The molecule has 0 saturated heterocycles. The molecule has 0 N–H and O–H groups in total. The molecule has 0 amide bonds. The Bertz CT molecular complexity index is 243. The highest BCUT2D eigenvalue weighted by Gasteiger charge is 2.37. The van der Waals surface area contributed by atoms with Crippen molar-refractivity contribution in [3.63, 3.8) is 0 Å². The van der Waals surface area contributed by atoms with E-state index in [0.717, 1.165) is 19.2 Å². The Balaban J connectivity index is 2.34. The summed E-state index contributed by atoms with van der Waals surface area (Å²) in [5, 5.41) is 0.332. The molecule has 0 spiro atoms. The van der Waals surface area contributed by atoms with Gasteiger partial charge in [-0.3, -0.25) is 4.90 Å². The first-order valence-electron chi connectivity index (χ1n) is 7.66. The van der Waals surface area contributed by atoms with Crippen LogP contribution in [0.5, 0.6) is 0 Å². The third kappa shape index (κ3) is 4.36. The van der Waals surface area contributed by atoms with Gasteiger partial charge in [-0.15, -0.1) is 0 Å². The van der Waals surface area contributed by atoms with Crippen LogP contribution in [0.1, 0.15) is 53.4 Å². The van der Waals surface area contributed by atoms with Crippen LogP contribution in [-0.2, 0) is 4.43 Å². The Morgan fingerprint density at radius 1 is 1.17 bits per heavy atom. The van der Waals surface area contributed by atoms with Gasteiger partial charge in [-0.1, -0.05) is 34.1 Å². The highest BCUT2D eigenvalue weighted by atomic mass is 28.4. The summed E-state index contributed by atoms with van der Waals surface area (Å²) in [5.74, 6) is 0. The second-order valence-corrected chi connectivity index (χ2v) is 12.0. The quantitative estimate of drug-likeness (QED) is 0.641. The standard InChI is InChI=1S/C15H33NOSi/c1-7-11-16(14-9-8-10-14)12-13-17-18(5,6)15(2,3)4/h14H,7-13H2,1-6H3. The molecular weight excluding hydrogens is 238 g/mol. The molecule has 108 valence electrons. The van der Waals surface area contributed by atoms with Crippen LogP contribution in [-0.4, -0.2) is 39.0 Å². The summed E-state index contributed by atoms with van der Waals surface area (Å²) in [6.07, 6.45) is 5.49. The minimum Gasteiger partial charge on any atom is -0.416 e. The van der Waals surface area contributed by atoms with E-state index in [1.54, 1.807) is 0 Å². The summed E-state index contributed by atoms with van der Waals surface area (Å²) >= 11 is 0. The first-order valence-corrected chi connectivity index (χ1v) is 10.6. The van der Waals surface area contributed by atoms with Gasteiger partial charge in [0.25, 0.3) is 0 Å². The molecule has 1 rings (SSSR count). The van der Waals surface area contributed by atoms with E-state index in [2.05, 4.69) is 45.7 Å². The number of hydrogen-bond acceptors (Lipinski definition) is 2. The third-order valence-electron chi connectivity index (χ3n) is 4.75. The van der Waals surface area contributed by atoms with Gasteiger partial charge in [-0.05, 0) is 43.9 Å². The summed E-state index contributed by atoms with van der Waals surface area (Å²) in [6, 6.07) is 0.855. The largest absolute Gasteiger partial charge is 0.416 e. The zero-order valence-electron chi connectivity index (χ0n) is 13.4. The van der Waals surface area contributed by atoms with Gasteiger partial charge >= 0.3 is 0 Å². The predicted octanol–water partition coefficient (Wildman–Crippen LogP) is 4.27. The molecular formula is C15H33NOSi. The molecule has 0 aromatic rings. The zero-order chi connectivity index (χ0) is 13.8. The highest BCUT2D eigenvalue weighted by molar-refractivity contribution is 6.74. The maximum atomic E-state index is 6.29. The Hall–Kier alpha value is 0.137. The van der Waals surface area contributed by atoms with Crippen LogP contribution >= 0.6 is 0 Å². The number of rotatable bonds is 7. The van der Waals surface area contributed by atoms with E-state index >= 15 is 0 Å². The minimum atomic E-state index is -1.55. The lowest BCUT2D eigenvalue weighted by atomic mass is 9.91. The van der Waals surface area contributed by atoms with Crippen molar-refractivity contribution >= 4 is 8.32 Å². The van der Waals surface area contributed by atoms with Crippen molar-refractivity contribution < 1.29 is 4.43 Å². The van der Waals surface area contributed by atoms with Crippen LogP contribution < -0.4 is 0 Å². The molecule has 1 aliphatic carbocycles. The molecule has 2 nitrogen and oxygen atoms in total. The first-order chi connectivity index (χ1) is 8.28. The van der Waals surface area contributed by atoms with Crippen LogP contribution in [0.2, 0.25) is 18.1 Å². The molecule has 0 aromatic carbocycles. The van der Waals surface area contributed by atoms with Gasteiger partial charge in [0.15, 0.2) is 8.32 Å². The van der Waals surface area contributed by atoms with E-state index in [1.807, 2.05) is 0 Å². The van der Waals surface area contributed by atoms with Crippen molar-refractivity contribution in [1.29, 1.82) is 0 Å². The van der Waals surface area contributed by atoms with Gasteiger partial charge in [0.2, 0.25) is 0 Å². The molecule has 0 atom stereocenters. The Morgan fingerprint density at radius 3 is 2.17 bits per heavy atom. The second-order valence-electron chi connectivity index (χ2n) is 7.23. The van der Waals surface area contributed by atoms with Crippen molar-refractivity contribution in [3.8, 4) is 0 Å². The highest BCUT2D eigenvalue weighted by Crippen LogP contribution is 2.36. The fourth-order valence-electron chi connectivity index (χ4n) is 2.15. The lowest BCUT2D eigenvalue weighted by Gasteiger charge is -2.40. The topological polar surface area (TPSA) is 12.5 Å². The molecule has 0 aliphatic heterocycles. The molecule has 1 fully saturated rings. The fourth-order valence-corrected chi connectivity index (χ4v) is 3.19. The molecule has 0 unspecified atom stereocenters. The van der Waals surface area contributed by atoms with Crippen LogP contribution in [0, 0.1) is 0 Å². The van der Waals surface area contributed by atoms with Crippen molar-refractivity contribution in [3.05, 3.63) is 0 Å². The summed E-state index contributed by atoms with van der Waals surface area (Å²) in [6.45, 7) is 17.2. The minimum absolute atomic E-state index is 0.332. The van der Waals surface area contributed by atoms with Gasteiger partial charge in [-0.25, -0.2) is 0 Å². The Morgan fingerprint density at radius 2 is 1.78 bits per heavy atom. The molecule has 0 aromatic heterocycles. The maximum Gasteiger partial charge on any atom is 0.192 e. The summed E-state index contributed by atoms with van der Waals surface area (Å²) < 4.78 is 6.29. The van der Waals surface area contributed by atoms with E-state index in [-0.39, 0.29) is 0 Å². The van der Waals surface area contributed by atoms with Crippen LogP contribution in [0.25, 0.3) is 0 Å². The van der Waals surface area contributed by atoms with Gasteiger partial charge in [0.1, 0.15) is 0 Å². The fraction of sp³-hybridized carbons (Fsp3) is 1.00. The monoisotopic (exact) mass is 271 g/mol. The van der Waals surface area contributed by atoms with E-state index < -0.39 is 8.32 Å². The second kappa shape index (κ2) is 6.53. The lowest BCUT2D eigenvalue weighted by Crippen LogP contribution is -2.46. The first kappa shape index (κ1) is 16.2. The maximum absolute atomic E-state index is 6.29. The van der Waals surface area contributed by atoms with E-state index in [9.17, 15) is 0 Å². The number of hydrogen-bond donors (Lipinski definition) is 0. The van der Waals surface area contributed by atoms with E-state index in [4.69, 9.17) is 4.43 Å². The Labute approximate surface area is 115 Å². The molecule has 0 bridgehead atoms. The summed E-state index contributed by atoms with van der Waals surface area (Å²) in [5.41, 5.74) is 0. The Kier molecular flexibility index (Phi) is 5.88. The van der Waals surface area contributed by atoms with Crippen LogP contribution in [0.4, 0.5) is 0 Å². The van der Waals surface area contributed by atoms with Crippen molar-refractivity contribution in [2.45, 2.75) is 77.6 Å². The molecule has 3 heteroatoms. The molecule has 0 radical (unpaired) electrons. The predicted molar refractivity (Wildman–Crippen MR) is 82.7 cm³/mol. The lowest BCUT2D eigenvalue weighted by molar-refractivity contribution is 0.104. The molecule has 0 heterocycles. The van der Waals surface area contributed by atoms with Crippen LogP contribution in [0.3, 0.4) is 0 Å². The van der Waals surface area contributed by atoms with Crippen molar-refractivity contribution in [2.24, 2.45) is 0 Å². The van der Waals surface area contributed by atoms with Gasteiger partial charge in [-0.2, -0.15) is 0 Å². The van der Waals surface area contributed by atoms with Crippen LogP contribution in [0.15, 0.2) is 0 Å². The van der Waals surface area contributed by atoms with E-state index in [0.29, 0.717) is 5.04 Å². The normalized spacial score (nSPS) is 18.2. The van der Waals surface area contributed by atoms with Crippen molar-refractivity contribution in [1.82, 2.24) is 4.90 Å². The molecule has 1 saturated carbocycles. The van der Waals surface area contributed by atoms with E-state index in [1.165, 1.54) is 32.2 Å². The average Bonchev–Trinajstić information content (AvgIpc) is 2.12. The van der Waals surface area contributed by atoms with Crippen molar-refractivity contribution in [2.75, 3.05) is 19.7 Å². The summed E-state index contributed by atoms with van der Waals surface area (Å²) in [7, 11) is -1.55. The zero-order valence-corrected chi connectivity index (χ0v) is 14.4. The summed E-state index contributed by atoms with van der Waals surface area (Å²) in [4.78, 5) is 2.65.